The van der Waals surface area contributed by atoms with Crippen LogP contribution in [0, 0.1) is 0 Å². The molecule has 0 atom stereocenters. The Kier molecular flexibility index (Phi) is 5.26. The minimum Gasteiger partial charge on any atom is -0.459 e. The first-order chi connectivity index (χ1) is 11.0. The number of sulfonamides is 1. The molecule has 1 aromatic carbocycles. The van der Waals surface area contributed by atoms with E-state index in [1.165, 1.54) is 23.9 Å². The number of carbonyl (C=O) groups excluding carboxylic acids is 1. The maximum atomic E-state index is 11.9. The summed E-state index contributed by atoms with van der Waals surface area (Å²) in [4.78, 5) is 16.3. The second-order valence-electron chi connectivity index (χ2n) is 6.21. The highest BCUT2D eigenvalue weighted by Gasteiger charge is 2.19. The number of esters is 1. The van der Waals surface area contributed by atoms with Crippen LogP contribution in [-0.2, 0) is 26.1 Å². The highest BCUT2D eigenvalue weighted by molar-refractivity contribution is 7.99. The molecule has 0 bridgehead atoms. The Morgan fingerprint density at radius 2 is 2.04 bits per heavy atom. The highest BCUT2D eigenvalue weighted by Crippen LogP contribution is 2.26. The van der Waals surface area contributed by atoms with Gasteiger partial charge in [-0.25, -0.2) is 18.5 Å². The molecular weight excluding hydrogens is 350 g/mol. The summed E-state index contributed by atoms with van der Waals surface area (Å²) >= 11 is 1.26. The monoisotopic (exact) mass is 371 g/mol. The van der Waals surface area contributed by atoms with Crippen molar-refractivity contribution in [1.29, 1.82) is 0 Å². The zero-order valence-corrected chi connectivity index (χ0v) is 15.7. The van der Waals surface area contributed by atoms with E-state index in [2.05, 4.69) is 4.98 Å². The third kappa shape index (κ3) is 4.49. The summed E-state index contributed by atoms with van der Waals surface area (Å²) in [5.41, 5.74) is 0.777. The fourth-order valence-corrected chi connectivity index (χ4v) is 3.56. The first kappa shape index (κ1) is 18.8. The van der Waals surface area contributed by atoms with Gasteiger partial charge in [-0.2, -0.15) is 0 Å². The first-order valence-electron chi connectivity index (χ1n) is 7.39. The number of hydrogen-bond donors (Lipinski definition) is 1. The van der Waals surface area contributed by atoms with Gasteiger partial charge in [-0.05, 0) is 45.9 Å². The van der Waals surface area contributed by atoms with E-state index in [-0.39, 0.29) is 16.6 Å². The number of imidazole rings is 1. The molecule has 0 aliphatic carbocycles. The number of hydrogen-bond acceptors (Lipinski definition) is 6. The van der Waals surface area contributed by atoms with E-state index in [1.807, 2.05) is 32.3 Å². The van der Waals surface area contributed by atoms with Crippen molar-refractivity contribution in [3.8, 4) is 0 Å². The van der Waals surface area contributed by atoms with Crippen molar-refractivity contribution in [1.82, 2.24) is 9.55 Å². The molecular formula is C15H21N3O4S2. The minimum atomic E-state index is -3.78. The summed E-state index contributed by atoms with van der Waals surface area (Å²) in [5.74, 6) is -0.199. The van der Waals surface area contributed by atoms with Crippen LogP contribution in [0.15, 0.2) is 28.3 Å². The number of rotatable bonds is 5. The summed E-state index contributed by atoms with van der Waals surface area (Å²) in [6.45, 7) is 8.02. The van der Waals surface area contributed by atoms with E-state index in [4.69, 9.17) is 9.88 Å². The van der Waals surface area contributed by atoms with Crippen LogP contribution >= 0.6 is 11.8 Å². The lowest BCUT2D eigenvalue weighted by Crippen LogP contribution is -2.25. The largest absolute Gasteiger partial charge is 0.459 e. The van der Waals surface area contributed by atoms with Gasteiger partial charge in [0.05, 0.1) is 21.7 Å². The van der Waals surface area contributed by atoms with Crippen molar-refractivity contribution in [2.75, 3.05) is 5.75 Å². The number of carbonyl (C=O) groups is 1. The van der Waals surface area contributed by atoms with Gasteiger partial charge in [0, 0.05) is 6.54 Å². The predicted octanol–water partition coefficient (Wildman–Crippen LogP) is 2.14. The number of thioether (sulfide) groups is 1. The van der Waals surface area contributed by atoms with E-state index in [0.717, 1.165) is 5.52 Å². The number of primary sulfonamides is 1. The van der Waals surface area contributed by atoms with Crippen LogP contribution in [0.25, 0.3) is 11.0 Å². The molecule has 7 nitrogen and oxygen atoms in total. The lowest BCUT2D eigenvalue weighted by molar-refractivity contribution is -0.151. The Morgan fingerprint density at radius 3 is 2.58 bits per heavy atom. The van der Waals surface area contributed by atoms with Crippen molar-refractivity contribution < 1.29 is 17.9 Å². The molecule has 0 spiro atoms. The van der Waals surface area contributed by atoms with Crippen LogP contribution in [0.2, 0.25) is 0 Å². The summed E-state index contributed by atoms with van der Waals surface area (Å²) < 4.78 is 30.1. The van der Waals surface area contributed by atoms with E-state index in [0.29, 0.717) is 17.2 Å². The molecule has 1 aromatic heterocycles. The third-order valence-electron chi connectivity index (χ3n) is 3.07. The Bertz CT molecular complexity index is 867. The topological polar surface area (TPSA) is 104 Å². The van der Waals surface area contributed by atoms with Crippen LogP contribution in [0.3, 0.4) is 0 Å². The lowest BCUT2D eigenvalue weighted by atomic mass is 10.2. The van der Waals surface area contributed by atoms with Gasteiger partial charge in [-0.15, -0.1) is 0 Å². The van der Waals surface area contributed by atoms with Crippen LogP contribution in [0.5, 0.6) is 0 Å². The van der Waals surface area contributed by atoms with Crippen LogP contribution in [0.4, 0.5) is 0 Å². The van der Waals surface area contributed by atoms with Gasteiger partial charge >= 0.3 is 5.97 Å². The molecule has 9 heteroatoms. The van der Waals surface area contributed by atoms with E-state index in [9.17, 15) is 13.2 Å². The van der Waals surface area contributed by atoms with Crippen molar-refractivity contribution >= 4 is 38.8 Å². The van der Waals surface area contributed by atoms with Gasteiger partial charge in [0.15, 0.2) is 5.16 Å². The quantitative estimate of drug-likeness (QED) is 0.638. The fraction of sp³-hybridized carbons (Fsp3) is 0.467. The Balaban J connectivity index is 2.29. The summed E-state index contributed by atoms with van der Waals surface area (Å²) in [7, 11) is -3.78. The second-order valence-corrected chi connectivity index (χ2v) is 8.71. The van der Waals surface area contributed by atoms with Gasteiger partial charge in [0.2, 0.25) is 10.0 Å². The van der Waals surface area contributed by atoms with Crippen molar-refractivity contribution in [2.45, 2.75) is 49.9 Å². The average Bonchev–Trinajstić information content (AvgIpc) is 2.78. The average molecular weight is 371 g/mol. The van der Waals surface area contributed by atoms with Gasteiger partial charge in [0.1, 0.15) is 5.60 Å². The van der Waals surface area contributed by atoms with E-state index in [1.54, 1.807) is 6.07 Å². The second kappa shape index (κ2) is 6.73. The maximum Gasteiger partial charge on any atom is 0.316 e. The minimum absolute atomic E-state index is 0.0134. The molecule has 0 unspecified atom stereocenters. The normalized spacial score (nSPS) is 12.5. The van der Waals surface area contributed by atoms with Crippen molar-refractivity contribution in [2.24, 2.45) is 5.14 Å². The number of nitrogens with two attached hydrogens (primary N) is 1. The Hall–Kier alpha value is -1.58. The molecule has 2 N–H and O–H groups in total. The first-order valence-corrected chi connectivity index (χ1v) is 9.92. The fourth-order valence-electron chi connectivity index (χ4n) is 2.17. The molecule has 0 amide bonds. The number of fused-ring (bicyclic) bond motifs is 1. The SMILES string of the molecule is CCn1c(SCC(=O)OC(C)(C)C)nc2cc(S(N)(=O)=O)ccc21. The van der Waals surface area contributed by atoms with Crippen molar-refractivity contribution in [3.63, 3.8) is 0 Å². The molecule has 1 heterocycles. The number of benzene rings is 1. The van der Waals surface area contributed by atoms with Gasteiger partial charge in [-0.3, -0.25) is 4.79 Å². The van der Waals surface area contributed by atoms with Crippen molar-refractivity contribution in [3.05, 3.63) is 18.2 Å². The number of aryl methyl sites for hydroxylation is 1. The van der Waals surface area contributed by atoms with Gasteiger partial charge < -0.3 is 9.30 Å². The number of aromatic nitrogens is 2. The lowest BCUT2D eigenvalue weighted by Gasteiger charge is -2.19. The molecule has 2 aromatic rings. The zero-order chi connectivity index (χ0) is 18.1. The molecule has 0 fully saturated rings. The van der Waals surface area contributed by atoms with Crippen LogP contribution in [-0.4, -0.2) is 35.3 Å². The third-order valence-corrected chi connectivity index (χ3v) is 4.93. The van der Waals surface area contributed by atoms with Crippen LogP contribution in [0.1, 0.15) is 27.7 Å². The smallest absolute Gasteiger partial charge is 0.316 e. The van der Waals surface area contributed by atoms with Crippen LogP contribution < -0.4 is 5.14 Å². The molecule has 0 radical (unpaired) electrons. The maximum absolute atomic E-state index is 11.9. The Morgan fingerprint density at radius 1 is 1.38 bits per heavy atom. The number of ether oxygens (including phenoxy) is 1. The molecule has 132 valence electrons. The molecule has 0 aliphatic rings. The summed E-state index contributed by atoms with van der Waals surface area (Å²) in [5, 5.41) is 5.78. The standard InChI is InChI=1S/C15H21N3O4S2/c1-5-18-12-7-6-10(24(16,20)21)8-11(12)17-14(18)23-9-13(19)22-15(2,3)4/h6-8H,5,9H2,1-4H3,(H2,16,20,21). The summed E-state index contributed by atoms with van der Waals surface area (Å²) in [6.07, 6.45) is 0. The molecule has 2 rings (SSSR count). The molecule has 0 aliphatic heterocycles. The molecule has 0 saturated carbocycles. The predicted molar refractivity (Wildman–Crippen MR) is 93.3 cm³/mol. The highest BCUT2D eigenvalue weighted by atomic mass is 32.2. The summed E-state index contributed by atoms with van der Waals surface area (Å²) in [6, 6.07) is 4.56. The number of nitrogens with zero attached hydrogens (tertiary/aromatic N) is 2. The van der Waals surface area contributed by atoms with Gasteiger partial charge in [-0.1, -0.05) is 11.8 Å². The molecule has 24 heavy (non-hydrogen) atoms. The molecule has 0 saturated heterocycles. The van der Waals surface area contributed by atoms with E-state index < -0.39 is 15.6 Å². The Labute approximate surface area is 145 Å². The van der Waals surface area contributed by atoms with E-state index >= 15 is 0 Å². The zero-order valence-electron chi connectivity index (χ0n) is 14.1. The van der Waals surface area contributed by atoms with Gasteiger partial charge in [0.25, 0.3) is 0 Å².